The highest BCUT2D eigenvalue weighted by molar-refractivity contribution is 8.00. The van der Waals surface area contributed by atoms with Crippen LogP contribution < -0.4 is 10.6 Å². The van der Waals surface area contributed by atoms with Gasteiger partial charge in [-0.25, -0.2) is 4.79 Å². The van der Waals surface area contributed by atoms with E-state index >= 15 is 0 Å². The second-order valence-corrected chi connectivity index (χ2v) is 13.8. The van der Waals surface area contributed by atoms with Gasteiger partial charge in [-0.3, -0.25) is 9.59 Å². The van der Waals surface area contributed by atoms with Crippen molar-refractivity contribution in [2.45, 2.75) is 49.2 Å². The summed E-state index contributed by atoms with van der Waals surface area (Å²) in [4.78, 5) is 42.4. The van der Waals surface area contributed by atoms with E-state index in [1.54, 1.807) is 13.0 Å². The number of rotatable bonds is 10. The highest BCUT2D eigenvalue weighted by atomic mass is 32.2. The number of esters is 1. The normalized spacial score (nSPS) is 14.5. The molecule has 6 rings (SSSR count). The summed E-state index contributed by atoms with van der Waals surface area (Å²) in [5, 5.41) is 6.05. The minimum atomic E-state index is -0.621. The van der Waals surface area contributed by atoms with Gasteiger partial charge in [0.15, 0.2) is 0 Å². The fourth-order valence-electron chi connectivity index (χ4n) is 5.99. The maximum atomic E-state index is 14.2. The van der Waals surface area contributed by atoms with Crippen LogP contribution in [-0.4, -0.2) is 24.4 Å². The molecule has 2 unspecified atom stereocenters. The molecule has 1 aliphatic rings. The van der Waals surface area contributed by atoms with Crippen LogP contribution in [0.5, 0.6) is 0 Å². The number of nitrogens with one attached hydrogen (secondary N) is 2. The topological polar surface area (TPSA) is 84.5 Å². The van der Waals surface area contributed by atoms with Gasteiger partial charge in [-0.1, -0.05) is 84.9 Å². The van der Waals surface area contributed by atoms with Crippen LogP contribution in [-0.2, 0) is 22.4 Å². The molecule has 0 radical (unpaired) electrons. The van der Waals surface area contributed by atoms with Gasteiger partial charge >= 0.3 is 5.97 Å². The van der Waals surface area contributed by atoms with Crippen molar-refractivity contribution in [2.24, 2.45) is 0 Å². The first-order valence-corrected chi connectivity index (χ1v) is 17.5. The Balaban J connectivity index is 1.27. The predicted molar refractivity (Wildman–Crippen MR) is 191 cm³/mol. The van der Waals surface area contributed by atoms with E-state index in [4.69, 9.17) is 4.74 Å². The molecule has 5 aromatic rings. The molecule has 8 heteroatoms. The third-order valence-electron chi connectivity index (χ3n) is 8.33. The first kappa shape index (κ1) is 32.3. The SMILES string of the molecule is CCOC(=O)c1c(NC(=O)C(Sc2cccc(NC(=O)c3ccccc3C)c2)c2ccccc2)sc2c1CCC(c1ccccc1)C2. The van der Waals surface area contributed by atoms with Crippen LogP contribution in [0.3, 0.4) is 0 Å². The molecular formula is C39H36N2O4S2. The summed E-state index contributed by atoms with van der Waals surface area (Å²) in [5.74, 6) is -0.476. The van der Waals surface area contributed by atoms with Gasteiger partial charge in [-0.15, -0.1) is 23.1 Å². The Labute approximate surface area is 283 Å². The second kappa shape index (κ2) is 14.8. The van der Waals surface area contributed by atoms with Crippen LogP contribution in [0.4, 0.5) is 10.7 Å². The second-order valence-electron chi connectivity index (χ2n) is 11.5. The molecule has 0 saturated heterocycles. The Morgan fingerprint density at radius 2 is 1.62 bits per heavy atom. The minimum Gasteiger partial charge on any atom is -0.462 e. The van der Waals surface area contributed by atoms with E-state index in [2.05, 4.69) is 34.9 Å². The summed E-state index contributed by atoms with van der Waals surface area (Å²) in [6, 6.07) is 35.0. The van der Waals surface area contributed by atoms with Crippen LogP contribution in [0.1, 0.15) is 72.4 Å². The molecule has 0 bridgehead atoms. The summed E-state index contributed by atoms with van der Waals surface area (Å²) in [6.07, 6.45) is 2.48. The number of amides is 2. The fraction of sp³-hybridized carbons (Fsp3) is 0.205. The molecule has 4 aromatic carbocycles. The lowest BCUT2D eigenvalue weighted by molar-refractivity contribution is -0.115. The number of thioether (sulfide) groups is 1. The Morgan fingerprint density at radius 3 is 2.36 bits per heavy atom. The number of fused-ring (bicyclic) bond motifs is 1. The molecule has 238 valence electrons. The highest BCUT2D eigenvalue weighted by Crippen LogP contribution is 2.44. The lowest BCUT2D eigenvalue weighted by Crippen LogP contribution is -2.20. The predicted octanol–water partition coefficient (Wildman–Crippen LogP) is 9.23. The van der Waals surface area contributed by atoms with E-state index in [0.717, 1.165) is 45.7 Å². The number of carbonyl (C=O) groups excluding carboxylic acids is 3. The fourth-order valence-corrected chi connectivity index (χ4v) is 8.39. The van der Waals surface area contributed by atoms with Crippen LogP contribution in [0.15, 0.2) is 114 Å². The summed E-state index contributed by atoms with van der Waals surface area (Å²) >= 11 is 2.87. The van der Waals surface area contributed by atoms with Crippen LogP contribution >= 0.6 is 23.1 Å². The highest BCUT2D eigenvalue weighted by Gasteiger charge is 2.32. The number of hydrogen-bond donors (Lipinski definition) is 2. The zero-order chi connectivity index (χ0) is 32.8. The number of ether oxygens (including phenoxy) is 1. The molecule has 0 aliphatic heterocycles. The van der Waals surface area contributed by atoms with E-state index in [0.29, 0.717) is 27.7 Å². The summed E-state index contributed by atoms with van der Waals surface area (Å²) in [5.41, 5.74) is 5.71. The van der Waals surface area contributed by atoms with Crippen molar-refractivity contribution in [2.75, 3.05) is 17.2 Å². The van der Waals surface area contributed by atoms with Crippen molar-refractivity contribution in [3.05, 3.63) is 147 Å². The molecule has 2 atom stereocenters. The number of aryl methyl sites for hydroxylation is 1. The number of carbonyl (C=O) groups is 3. The Hall–Kier alpha value is -4.66. The van der Waals surface area contributed by atoms with E-state index in [9.17, 15) is 14.4 Å². The average molecular weight is 661 g/mol. The third kappa shape index (κ3) is 7.50. The van der Waals surface area contributed by atoms with Gasteiger partial charge < -0.3 is 15.4 Å². The van der Waals surface area contributed by atoms with Crippen molar-refractivity contribution in [1.82, 2.24) is 0 Å². The Morgan fingerprint density at radius 1 is 0.894 bits per heavy atom. The standard InChI is InChI=1S/C39H36N2O4S2/c1-3-45-39(44)34-32-22-21-28(26-14-6-4-7-15-26)23-33(32)47-38(34)41-37(43)35(27-16-8-5-9-17-27)46-30-19-12-18-29(24-30)40-36(42)31-20-11-10-13-25(31)2/h4-20,24,28,35H,3,21-23H2,1-2H3,(H,40,42)(H,41,43). The monoisotopic (exact) mass is 660 g/mol. The first-order chi connectivity index (χ1) is 22.9. The maximum absolute atomic E-state index is 14.2. The zero-order valence-corrected chi connectivity index (χ0v) is 28.0. The van der Waals surface area contributed by atoms with Crippen molar-refractivity contribution in [3.63, 3.8) is 0 Å². The van der Waals surface area contributed by atoms with Gasteiger partial charge in [0.25, 0.3) is 5.91 Å². The molecule has 1 aromatic heterocycles. The van der Waals surface area contributed by atoms with E-state index in [-0.39, 0.29) is 18.4 Å². The average Bonchev–Trinajstić information content (AvgIpc) is 3.45. The lowest BCUT2D eigenvalue weighted by atomic mass is 9.83. The summed E-state index contributed by atoms with van der Waals surface area (Å²) < 4.78 is 5.49. The molecule has 2 amide bonds. The van der Waals surface area contributed by atoms with Crippen molar-refractivity contribution < 1.29 is 19.1 Å². The van der Waals surface area contributed by atoms with Crippen molar-refractivity contribution in [1.29, 1.82) is 0 Å². The van der Waals surface area contributed by atoms with Gasteiger partial charge in [0, 0.05) is 21.0 Å². The summed E-state index contributed by atoms with van der Waals surface area (Å²) in [7, 11) is 0. The largest absolute Gasteiger partial charge is 0.462 e. The smallest absolute Gasteiger partial charge is 0.341 e. The summed E-state index contributed by atoms with van der Waals surface area (Å²) in [6.45, 7) is 3.95. The van der Waals surface area contributed by atoms with Gasteiger partial charge in [0.05, 0.1) is 12.2 Å². The molecular weight excluding hydrogens is 625 g/mol. The molecule has 47 heavy (non-hydrogen) atoms. The van der Waals surface area contributed by atoms with Crippen molar-refractivity contribution in [3.8, 4) is 0 Å². The Bertz CT molecular complexity index is 1890. The number of anilines is 2. The van der Waals surface area contributed by atoms with Crippen LogP contribution in [0.2, 0.25) is 0 Å². The minimum absolute atomic E-state index is 0.190. The molecule has 0 spiro atoms. The molecule has 1 aliphatic carbocycles. The molecule has 2 N–H and O–H groups in total. The van der Waals surface area contributed by atoms with E-state index in [1.807, 2.05) is 85.8 Å². The molecule has 0 saturated carbocycles. The molecule has 1 heterocycles. The quantitative estimate of drug-likeness (QED) is 0.115. The zero-order valence-electron chi connectivity index (χ0n) is 26.3. The Kier molecular flexibility index (Phi) is 10.2. The first-order valence-electron chi connectivity index (χ1n) is 15.8. The van der Waals surface area contributed by atoms with Crippen LogP contribution in [0.25, 0.3) is 0 Å². The van der Waals surface area contributed by atoms with Gasteiger partial charge in [0.1, 0.15) is 10.3 Å². The van der Waals surface area contributed by atoms with E-state index in [1.165, 1.54) is 28.7 Å². The number of hydrogen-bond acceptors (Lipinski definition) is 6. The lowest BCUT2D eigenvalue weighted by Gasteiger charge is -2.23. The number of thiophene rings is 1. The van der Waals surface area contributed by atoms with Crippen LogP contribution in [0, 0.1) is 6.92 Å². The van der Waals surface area contributed by atoms with Gasteiger partial charge in [-0.2, -0.15) is 0 Å². The maximum Gasteiger partial charge on any atom is 0.341 e. The van der Waals surface area contributed by atoms with E-state index < -0.39 is 11.2 Å². The molecule has 0 fully saturated rings. The number of benzene rings is 4. The third-order valence-corrected chi connectivity index (χ3v) is 10.7. The molecule has 6 nitrogen and oxygen atoms in total. The van der Waals surface area contributed by atoms with Crippen molar-refractivity contribution >= 4 is 51.6 Å². The van der Waals surface area contributed by atoms with Gasteiger partial charge in [-0.05, 0) is 85.5 Å². The van der Waals surface area contributed by atoms with Gasteiger partial charge in [0.2, 0.25) is 5.91 Å².